The molecule has 5 rings (SSSR count). The Morgan fingerprint density at radius 2 is 1.65 bits per heavy atom. The predicted octanol–water partition coefficient (Wildman–Crippen LogP) is 3.99. The van der Waals surface area contributed by atoms with E-state index in [0.717, 1.165) is 24.1 Å². The smallest absolute Gasteiger partial charge is 0.279 e. The highest BCUT2D eigenvalue weighted by molar-refractivity contribution is 6.12. The van der Waals surface area contributed by atoms with Gasteiger partial charge in [0.05, 0.1) is 18.2 Å². The second kappa shape index (κ2) is 7.72. The highest BCUT2D eigenvalue weighted by Gasteiger charge is 2.27. The summed E-state index contributed by atoms with van der Waals surface area (Å²) in [7, 11) is 1.59. The number of aryl methyl sites for hydroxylation is 1. The first-order valence-corrected chi connectivity index (χ1v) is 10.2. The number of para-hydroxylation sites is 1. The number of aromatic nitrogens is 2. The van der Waals surface area contributed by atoms with E-state index in [4.69, 9.17) is 4.74 Å². The van der Waals surface area contributed by atoms with Crippen LogP contribution < -0.4 is 15.2 Å². The van der Waals surface area contributed by atoms with E-state index in [1.54, 1.807) is 54.5 Å². The van der Waals surface area contributed by atoms with E-state index in [0.29, 0.717) is 28.8 Å². The number of nitrogens with zero attached hydrogens (tertiary/aromatic N) is 3. The van der Waals surface area contributed by atoms with Crippen molar-refractivity contribution in [1.29, 1.82) is 0 Å². The number of carbonyl (C=O) groups excluding carboxylic acids is 1. The van der Waals surface area contributed by atoms with Gasteiger partial charge in [-0.1, -0.05) is 36.4 Å². The Bertz CT molecular complexity index is 1340. The molecular weight excluding hydrogens is 390 g/mol. The number of hydrogen-bond acceptors (Lipinski definition) is 4. The van der Waals surface area contributed by atoms with Crippen molar-refractivity contribution in [3.05, 3.63) is 94.4 Å². The third kappa shape index (κ3) is 3.26. The molecule has 0 bridgehead atoms. The molecule has 3 aromatic carbocycles. The average Bonchev–Trinajstić information content (AvgIpc) is 2.84. The maximum atomic E-state index is 13.7. The maximum Gasteiger partial charge on any atom is 0.279 e. The number of benzene rings is 3. The molecule has 0 unspecified atom stereocenters. The van der Waals surface area contributed by atoms with Crippen LogP contribution in [0.25, 0.3) is 16.5 Å². The summed E-state index contributed by atoms with van der Waals surface area (Å²) in [5.41, 5.74) is 2.63. The van der Waals surface area contributed by atoms with E-state index in [9.17, 15) is 9.59 Å². The van der Waals surface area contributed by atoms with Gasteiger partial charge in [-0.15, -0.1) is 0 Å². The summed E-state index contributed by atoms with van der Waals surface area (Å²) in [6, 6.07) is 22.1. The lowest BCUT2D eigenvalue weighted by Gasteiger charge is -2.29. The fourth-order valence-electron chi connectivity index (χ4n) is 4.12. The van der Waals surface area contributed by atoms with Gasteiger partial charge in [-0.2, -0.15) is 9.78 Å². The first-order chi connectivity index (χ1) is 15.2. The Labute approximate surface area is 179 Å². The standard InChI is InChI=1S/C25H21N3O3/c1-31-19-14-12-18(13-15-19)28-24(29)21-10-4-3-9-20(21)23(26-28)25(30)27-16-6-8-17-7-2-5-11-22(17)27/h2-5,7,9-15H,6,8,16H2,1H3. The Kier molecular flexibility index (Phi) is 4.75. The van der Waals surface area contributed by atoms with Crippen LogP contribution in [0.3, 0.4) is 0 Å². The molecule has 154 valence electrons. The van der Waals surface area contributed by atoms with Crippen molar-refractivity contribution in [2.45, 2.75) is 12.8 Å². The Balaban J connectivity index is 1.69. The molecule has 1 aromatic heterocycles. The van der Waals surface area contributed by atoms with Gasteiger partial charge in [0.1, 0.15) is 5.75 Å². The van der Waals surface area contributed by atoms with Crippen LogP contribution in [0.2, 0.25) is 0 Å². The molecule has 0 saturated carbocycles. The zero-order valence-corrected chi connectivity index (χ0v) is 17.1. The normalized spacial score (nSPS) is 13.1. The minimum atomic E-state index is -0.267. The van der Waals surface area contributed by atoms with E-state index in [1.807, 2.05) is 24.3 Å². The molecule has 0 N–H and O–H groups in total. The molecule has 1 aliphatic rings. The molecule has 4 aromatic rings. The van der Waals surface area contributed by atoms with Crippen LogP contribution >= 0.6 is 0 Å². The zero-order valence-electron chi connectivity index (χ0n) is 17.1. The molecule has 0 atom stereocenters. The summed E-state index contributed by atoms with van der Waals surface area (Å²) in [6.07, 6.45) is 1.83. The second-order valence-corrected chi connectivity index (χ2v) is 7.50. The lowest BCUT2D eigenvalue weighted by molar-refractivity contribution is 0.0980. The summed E-state index contributed by atoms with van der Waals surface area (Å²) in [5.74, 6) is 0.476. The van der Waals surface area contributed by atoms with Gasteiger partial charge < -0.3 is 9.64 Å². The Morgan fingerprint density at radius 3 is 2.42 bits per heavy atom. The summed E-state index contributed by atoms with van der Waals surface area (Å²) < 4.78 is 6.51. The predicted molar refractivity (Wildman–Crippen MR) is 120 cm³/mol. The third-order valence-electron chi connectivity index (χ3n) is 5.68. The maximum absolute atomic E-state index is 13.7. The van der Waals surface area contributed by atoms with Crippen molar-refractivity contribution in [3.8, 4) is 11.4 Å². The molecule has 6 nitrogen and oxygen atoms in total. The summed E-state index contributed by atoms with van der Waals surface area (Å²) in [5, 5.41) is 5.57. The number of hydrogen-bond donors (Lipinski definition) is 0. The average molecular weight is 411 g/mol. The van der Waals surface area contributed by atoms with Crippen LogP contribution in [0, 0.1) is 0 Å². The van der Waals surface area contributed by atoms with Gasteiger partial charge in [0.2, 0.25) is 0 Å². The summed E-state index contributed by atoms with van der Waals surface area (Å²) >= 11 is 0. The molecule has 0 aliphatic carbocycles. The van der Waals surface area contributed by atoms with Crippen LogP contribution in [0.5, 0.6) is 5.75 Å². The fourth-order valence-corrected chi connectivity index (χ4v) is 4.12. The van der Waals surface area contributed by atoms with Gasteiger partial charge in [0, 0.05) is 17.6 Å². The number of fused-ring (bicyclic) bond motifs is 2. The fraction of sp³-hybridized carbons (Fsp3) is 0.160. The van der Waals surface area contributed by atoms with E-state index < -0.39 is 0 Å². The van der Waals surface area contributed by atoms with Gasteiger partial charge in [-0.05, 0) is 54.8 Å². The molecule has 2 heterocycles. The first kappa shape index (κ1) is 19.1. The summed E-state index contributed by atoms with van der Waals surface area (Å²) in [6.45, 7) is 0.619. The number of carbonyl (C=O) groups is 1. The third-order valence-corrected chi connectivity index (χ3v) is 5.68. The van der Waals surface area contributed by atoms with E-state index >= 15 is 0 Å². The molecule has 0 radical (unpaired) electrons. The second-order valence-electron chi connectivity index (χ2n) is 7.50. The van der Waals surface area contributed by atoms with Crippen molar-refractivity contribution in [2.24, 2.45) is 0 Å². The molecule has 1 amide bonds. The Hall–Kier alpha value is -3.93. The molecule has 0 spiro atoms. The molecule has 6 heteroatoms. The monoisotopic (exact) mass is 411 g/mol. The van der Waals surface area contributed by atoms with E-state index in [-0.39, 0.29) is 17.2 Å². The highest BCUT2D eigenvalue weighted by atomic mass is 16.5. The zero-order chi connectivity index (χ0) is 21.4. The number of anilines is 1. The van der Waals surface area contributed by atoms with Crippen molar-refractivity contribution in [3.63, 3.8) is 0 Å². The van der Waals surface area contributed by atoms with Crippen molar-refractivity contribution in [2.75, 3.05) is 18.6 Å². The highest BCUT2D eigenvalue weighted by Crippen LogP contribution is 2.29. The quantitative estimate of drug-likeness (QED) is 0.511. The number of methoxy groups -OCH3 is 1. The van der Waals surface area contributed by atoms with Gasteiger partial charge in [-0.3, -0.25) is 9.59 Å². The number of rotatable bonds is 3. The van der Waals surface area contributed by atoms with E-state index in [1.165, 1.54) is 4.68 Å². The van der Waals surface area contributed by atoms with Crippen molar-refractivity contribution < 1.29 is 9.53 Å². The minimum absolute atomic E-state index is 0.203. The van der Waals surface area contributed by atoms with Gasteiger partial charge in [-0.25, -0.2) is 0 Å². The lowest BCUT2D eigenvalue weighted by Crippen LogP contribution is -2.37. The van der Waals surface area contributed by atoms with E-state index in [2.05, 4.69) is 11.2 Å². The molecule has 1 aliphatic heterocycles. The van der Waals surface area contributed by atoms with Gasteiger partial charge >= 0.3 is 0 Å². The van der Waals surface area contributed by atoms with Crippen LogP contribution in [0.4, 0.5) is 5.69 Å². The number of ether oxygens (including phenoxy) is 1. The minimum Gasteiger partial charge on any atom is -0.497 e. The first-order valence-electron chi connectivity index (χ1n) is 10.2. The molecule has 0 saturated heterocycles. The molecule has 0 fully saturated rings. The summed E-state index contributed by atoms with van der Waals surface area (Å²) in [4.78, 5) is 28.7. The number of amides is 1. The van der Waals surface area contributed by atoms with Gasteiger partial charge in [0.25, 0.3) is 11.5 Å². The van der Waals surface area contributed by atoms with Gasteiger partial charge in [0.15, 0.2) is 5.69 Å². The van der Waals surface area contributed by atoms with Crippen LogP contribution in [0.15, 0.2) is 77.6 Å². The van der Waals surface area contributed by atoms with Crippen molar-refractivity contribution in [1.82, 2.24) is 9.78 Å². The van der Waals surface area contributed by atoms with Crippen molar-refractivity contribution >= 4 is 22.4 Å². The topological polar surface area (TPSA) is 64.4 Å². The van der Waals surface area contributed by atoms with Crippen LogP contribution in [0.1, 0.15) is 22.5 Å². The SMILES string of the molecule is COc1ccc(-n2nc(C(=O)N3CCCc4ccccc43)c3ccccc3c2=O)cc1. The molecule has 31 heavy (non-hydrogen) atoms. The van der Waals surface area contributed by atoms with Crippen LogP contribution in [-0.4, -0.2) is 29.3 Å². The van der Waals surface area contributed by atoms with Crippen LogP contribution in [-0.2, 0) is 6.42 Å². The molecular formula is C25H21N3O3. The Morgan fingerprint density at radius 1 is 0.935 bits per heavy atom. The lowest BCUT2D eigenvalue weighted by atomic mass is 10.0. The largest absolute Gasteiger partial charge is 0.497 e.